The molecule has 50 heavy (non-hydrogen) atoms. The SMILES string of the molecule is CC(C)(C)OC(=O)C[C@H](NC(=O)OCC1c2ccccc2-c2ccccc21)C(=O)O.Cc1ccc(CO[C@H]2[C@H](O)[C@H](O)C(O)O[C@@H]2CO)cc1. The molecule has 1 aliphatic heterocycles. The van der Waals surface area contributed by atoms with Gasteiger partial charge < -0.3 is 49.8 Å². The first kappa shape index (κ1) is 38.4. The molecule has 3 aromatic carbocycles. The maximum Gasteiger partial charge on any atom is 0.407 e. The predicted molar refractivity (Wildman–Crippen MR) is 180 cm³/mol. The van der Waals surface area contributed by atoms with Crippen LogP contribution in [0, 0.1) is 6.92 Å². The first-order chi connectivity index (χ1) is 23.7. The van der Waals surface area contributed by atoms with Crippen molar-refractivity contribution < 1.29 is 58.9 Å². The molecule has 1 aliphatic carbocycles. The van der Waals surface area contributed by atoms with Gasteiger partial charge in [-0.05, 0) is 55.5 Å². The minimum atomic E-state index is -1.53. The van der Waals surface area contributed by atoms with Crippen molar-refractivity contribution in [3.05, 3.63) is 95.1 Å². The van der Waals surface area contributed by atoms with Crippen LogP contribution in [0.15, 0.2) is 72.8 Å². The molecule has 1 fully saturated rings. The van der Waals surface area contributed by atoms with Crippen LogP contribution in [0.5, 0.6) is 0 Å². The van der Waals surface area contributed by atoms with E-state index in [0.717, 1.165) is 33.4 Å². The van der Waals surface area contributed by atoms with E-state index in [2.05, 4.69) is 5.32 Å². The van der Waals surface area contributed by atoms with Gasteiger partial charge in [-0.1, -0.05) is 78.4 Å². The number of amides is 1. The van der Waals surface area contributed by atoms with Crippen LogP contribution >= 0.6 is 0 Å². The molecule has 6 N–H and O–H groups in total. The number of aliphatic hydroxyl groups excluding tert-OH is 4. The highest BCUT2D eigenvalue weighted by Crippen LogP contribution is 2.44. The lowest BCUT2D eigenvalue weighted by Gasteiger charge is -2.40. The Morgan fingerprint density at radius 3 is 2.00 bits per heavy atom. The molecule has 3 aromatic rings. The molecule has 0 bridgehead atoms. The van der Waals surface area contributed by atoms with Gasteiger partial charge in [0.05, 0.1) is 19.6 Å². The van der Waals surface area contributed by atoms with Crippen molar-refractivity contribution in [3.8, 4) is 11.1 Å². The number of benzene rings is 3. The molecule has 1 unspecified atom stereocenters. The highest BCUT2D eigenvalue weighted by molar-refractivity contribution is 5.85. The third-order valence-electron chi connectivity index (χ3n) is 8.13. The fourth-order valence-corrected chi connectivity index (χ4v) is 5.68. The third kappa shape index (κ3) is 10.1. The Hall–Kier alpha value is -4.37. The zero-order valence-corrected chi connectivity index (χ0v) is 28.4. The number of hydrogen-bond acceptors (Lipinski definition) is 11. The quantitative estimate of drug-likeness (QED) is 0.170. The molecular formula is C37H45NO12. The number of aryl methyl sites for hydroxylation is 1. The Morgan fingerprint density at radius 1 is 0.880 bits per heavy atom. The number of fused-ring (bicyclic) bond motifs is 3. The summed E-state index contributed by atoms with van der Waals surface area (Å²) in [4.78, 5) is 35.6. The van der Waals surface area contributed by atoms with Crippen LogP contribution in [-0.4, -0.2) is 99.1 Å². The van der Waals surface area contributed by atoms with Gasteiger partial charge >= 0.3 is 18.0 Å². The van der Waals surface area contributed by atoms with Crippen molar-refractivity contribution in [2.75, 3.05) is 13.2 Å². The number of carbonyl (C=O) groups excluding carboxylic acids is 2. The van der Waals surface area contributed by atoms with Gasteiger partial charge in [0.1, 0.15) is 42.7 Å². The number of carbonyl (C=O) groups is 3. The van der Waals surface area contributed by atoms with E-state index in [9.17, 15) is 39.9 Å². The van der Waals surface area contributed by atoms with E-state index in [4.69, 9.17) is 18.9 Å². The minimum absolute atomic E-state index is 0.0542. The fourth-order valence-electron chi connectivity index (χ4n) is 5.68. The Labute approximate surface area is 290 Å². The highest BCUT2D eigenvalue weighted by Gasteiger charge is 2.44. The van der Waals surface area contributed by atoms with Gasteiger partial charge in [-0.25, -0.2) is 9.59 Å². The van der Waals surface area contributed by atoms with Crippen molar-refractivity contribution in [1.82, 2.24) is 5.32 Å². The van der Waals surface area contributed by atoms with Crippen LogP contribution in [0.4, 0.5) is 4.79 Å². The Bertz CT molecular complexity index is 1560. The van der Waals surface area contributed by atoms with Crippen LogP contribution < -0.4 is 5.32 Å². The number of aliphatic carboxylic acids is 1. The van der Waals surface area contributed by atoms with Crippen LogP contribution in [0.25, 0.3) is 11.1 Å². The summed E-state index contributed by atoms with van der Waals surface area (Å²) in [6.45, 7) is 6.87. The average molecular weight is 696 g/mol. The number of ether oxygens (including phenoxy) is 4. The van der Waals surface area contributed by atoms with Crippen molar-refractivity contribution in [2.45, 2.75) is 89.0 Å². The highest BCUT2D eigenvalue weighted by atomic mass is 16.7. The summed E-state index contributed by atoms with van der Waals surface area (Å²) >= 11 is 0. The van der Waals surface area contributed by atoms with Gasteiger partial charge in [0.2, 0.25) is 0 Å². The summed E-state index contributed by atoms with van der Waals surface area (Å²) < 4.78 is 21.0. The minimum Gasteiger partial charge on any atom is -0.480 e. The Morgan fingerprint density at radius 2 is 1.46 bits per heavy atom. The number of esters is 1. The molecule has 0 aromatic heterocycles. The molecule has 270 valence electrons. The largest absolute Gasteiger partial charge is 0.480 e. The summed E-state index contributed by atoms with van der Waals surface area (Å²) in [6.07, 6.45) is -7.47. The second kappa shape index (κ2) is 17.0. The Kier molecular flexibility index (Phi) is 13.1. The van der Waals surface area contributed by atoms with Crippen molar-refractivity contribution in [2.24, 2.45) is 0 Å². The van der Waals surface area contributed by atoms with Gasteiger partial charge in [-0.2, -0.15) is 0 Å². The van der Waals surface area contributed by atoms with Gasteiger partial charge in [0.25, 0.3) is 0 Å². The number of aliphatic hydroxyl groups is 4. The summed E-state index contributed by atoms with van der Waals surface area (Å²) in [5.41, 5.74) is 5.57. The van der Waals surface area contributed by atoms with Gasteiger partial charge in [0.15, 0.2) is 6.29 Å². The molecule has 6 atom stereocenters. The van der Waals surface area contributed by atoms with Gasteiger partial charge in [-0.15, -0.1) is 0 Å². The summed E-state index contributed by atoms with van der Waals surface area (Å²) in [6, 6.07) is 22.0. The number of carboxylic acids is 1. The fraction of sp³-hybridized carbons (Fsp3) is 0.432. The van der Waals surface area contributed by atoms with E-state index >= 15 is 0 Å². The molecule has 13 heteroatoms. The first-order valence-electron chi connectivity index (χ1n) is 16.2. The molecule has 1 saturated heterocycles. The van der Waals surface area contributed by atoms with E-state index in [1.54, 1.807) is 20.8 Å². The number of alkyl carbamates (subject to hydrolysis) is 1. The predicted octanol–water partition coefficient (Wildman–Crippen LogP) is 3.02. The maximum absolute atomic E-state index is 12.3. The van der Waals surface area contributed by atoms with E-state index in [1.165, 1.54) is 0 Å². The molecule has 1 amide bonds. The molecule has 13 nitrogen and oxygen atoms in total. The van der Waals surface area contributed by atoms with Gasteiger partial charge in [0, 0.05) is 5.92 Å². The summed E-state index contributed by atoms with van der Waals surface area (Å²) in [5, 5.41) is 49.6. The van der Waals surface area contributed by atoms with Crippen molar-refractivity contribution in [3.63, 3.8) is 0 Å². The van der Waals surface area contributed by atoms with Crippen LogP contribution in [-0.2, 0) is 35.1 Å². The molecule has 0 radical (unpaired) electrons. The summed E-state index contributed by atoms with van der Waals surface area (Å²) in [5.74, 6) is -2.19. The molecule has 0 spiro atoms. The zero-order chi connectivity index (χ0) is 36.6. The standard InChI is InChI=1S/C23H25NO6.C14H20O6/c1-23(2,3)30-20(25)12-19(21(26)27)24-22(28)29-13-18-16-10-6-4-8-14(16)15-9-5-7-11-17(15)18;1-8-2-4-9(5-3-8)7-19-13-10(6-15)20-14(18)12(17)11(13)16/h4-11,18-19H,12-13H2,1-3H3,(H,24,28)(H,26,27);2-5,10-18H,6-7H2,1H3/t19-;10-,11-,12+,13-,14?/m01/s1. The van der Waals surface area contributed by atoms with E-state index < -0.39 is 73.4 Å². The number of carboxylic acid groups (broad SMARTS) is 1. The number of nitrogens with one attached hydrogen (secondary N) is 1. The van der Waals surface area contributed by atoms with Crippen LogP contribution in [0.3, 0.4) is 0 Å². The molecular weight excluding hydrogens is 650 g/mol. The second-order valence-corrected chi connectivity index (χ2v) is 13.1. The smallest absolute Gasteiger partial charge is 0.407 e. The zero-order valence-electron chi connectivity index (χ0n) is 28.4. The number of rotatable bonds is 10. The topological polar surface area (TPSA) is 201 Å². The molecule has 2 aliphatic rings. The van der Waals surface area contributed by atoms with E-state index in [-0.39, 0.29) is 19.1 Å². The lowest BCUT2D eigenvalue weighted by atomic mass is 9.98. The number of hydrogen-bond donors (Lipinski definition) is 6. The van der Waals surface area contributed by atoms with Crippen molar-refractivity contribution in [1.29, 1.82) is 0 Å². The lowest BCUT2D eigenvalue weighted by Crippen LogP contribution is -2.59. The Balaban J connectivity index is 0.000000244. The molecule has 5 rings (SSSR count). The third-order valence-corrected chi connectivity index (χ3v) is 8.13. The first-order valence-corrected chi connectivity index (χ1v) is 16.2. The van der Waals surface area contributed by atoms with E-state index in [0.29, 0.717) is 0 Å². The molecule has 1 heterocycles. The van der Waals surface area contributed by atoms with Gasteiger partial charge in [-0.3, -0.25) is 4.79 Å². The van der Waals surface area contributed by atoms with Crippen LogP contribution in [0.2, 0.25) is 0 Å². The normalized spacial score (nSPS) is 21.9. The summed E-state index contributed by atoms with van der Waals surface area (Å²) in [7, 11) is 0. The average Bonchev–Trinajstić information content (AvgIpc) is 3.39. The van der Waals surface area contributed by atoms with Crippen LogP contribution in [0.1, 0.15) is 55.4 Å². The monoisotopic (exact) mass is 695 g/mol. The van der Waals surface area contributed by atoms with Crippen molar-refractivity contribution >= 4 is 18.0 Å². The van der Waals surface area contributed by atoms with E-state index in [1.807, 2.05) is 79.7 Å². The molecule has 0 saturated carbocycles. The maximum atomic E-state index is 12.3. The second-order valence-electron chi connectivity index (χ2n) is 13.1. The lowest BCUT2D eigenvalue weighted by molar-refractivity contribution is -0.295.